The van der Waals surface area contributed by atoms with Gasteiger partial charge in [0.15, 0.2) is 6.19 Å². The smallest absolute Gasteiger partial charge is 0.224 e. The molecule has 7 heteroatoms. The molecule has 1 saturated carbocycles. The predicted molar refractivity (Wildman–Crippen MR) is 105 cm³/mol. The fourth-order valence-corrected chi connectivity index (χ4v) is 6.18. The molecule has 6 atom stereocenters. The van der Waals surface area contributed by atoms with Gasteiger partial charge in [0, 0.05) is 40.8 Å². The third-order valence-corrected chi connectivity index (χ3v) is 7.43. The number of rotatable bonds is 3. The first-order valence-electron chi connectivity index (χ1n) is 9.74. The number of hydrogen-bond acceptors (Lipinski definition) is 4. The third-order valence-electron chi connectivity index (χ3n) is 6.99. The number of carbonyl (C=O) groups excluding carboxylic acids is 1. The molecule has 27 heavy (non-hydrogen) atoms. The van der Waals surface area contributed by atoms with Crippen LogP contribution in [0.3, 0.4) is 0 Å². The number of hydrogen-bond donors (Lipinski definition) is 1. The molecule has 1 aromatic carbocycles. The van der Waals surface area contributed by atoms with Crippen molar-refractivity contribution in [3.8, 4) is 6.19 Å². The molecule has 1 N–H and O–H groups in total. The van der Waals surface area contributed by atoms with E-state index in [0.29, 0.717) is 27.9 Å². The van der Waals surface area contributed by atoms with Gasteiger partial charge in [-0.1, -0.05) is 23.2 Å². The minimum absolute atomic E-state index is 0.110. The number of amides is 1. The van der Waals surface area contributed by atoms with Crippen LogP contribution < -0.4 is 10.2 Å². The van der Waals surface area contributed by atoms with Gasteiger partial charge in [-0.15, -0.1) is 0 Å². The Morgan fingerprint density at radius 1 is 1.15 bits per heavy atom. The summed E-state index contributed by atoms with van der Waals surface area (Å²) in [5, 5.41) is 13.9. The summed E-state index contributed by atoms with van der Waals surface area (Å²) in [7, 11) is 0. The van der Waals surface area contributed by atoms with E-state index in [1.54, 1.807) is 6.07 Å². The zero-order valence-corrected chi connectivity index (χ0v) is 16.5. The van der Waals surface area contributed by atoms with Crippen LogP contribution in [-0.4, -0.2) is 42.0 Å². The molecule has 5 rings (SSSR count). The standard InChI is InChI=1S/C20H22Cl2N4O/c21-11-5-12(22)7-14(6-11)25-4-3-15-16(9-25)19(15)20(27)24-17-8-13-1-2-18(17)26(13)10-23/h5-7,13,15-19H,1-4,8-9H2,(H,24,27)/t13-,15+,16-,17+,18+,19+/m0/s1. The monoisotopic (exact) mass is 404 g/mol. The highest BCUT2D eigenvalue weighted by Crippen LogP contribution is 2.52. The molecule has 0 aromatic heterocycles. The summed E-state index contributed by atoms with van der Waals surface area (Å²) >= 11 is 12.3. The average Bonchev–Trinajstić information content (AvgIpc) is 3.10. The van der Waals surface area contributed by atoms with Crippen molar-refractivity contribution in [2.75, 3.05) is 18.0 Å². The minimum Gasteiger partial charge on any atom is -0.371 e. The zero-order valence-electron chi connectivity index (χ0n) is 14.9. The summed E-state index contributed by atoms with van der Waals surface area (Å²) in [6.45, 7) is 1.80. The lowest BCUT2D eigenvalue weighted by molar-refractivity contribution is -0.123. The molecule has 3 aliphatic heterocycles. The van der Waals surface area contributed by atoms with Gasteiger partial charge in [-0.05, 0) is 55.7 Å². The molecule has 1 aromatic rings. The average molecular weight is 405 g/mol. The molecule has 5 nitrogen and oxygen atoms in total. The normalized spacial score (nSPS) is 36.3. The fourth-order valence-electron chi connectivity index (χ4n) is 5.66. The van der Waals surface area contributed by atoms with Crippen molar-refractivity contribution in [3.63, 3.8) is 0 Å². The van der Waals surface area contributed by atoms with Crippen LogP contribution in [0.1, 0.15) is 25.7 Å². The first-order valence-corrected chi connectivity index (χ1v) is 10.5. The van der Waals surface area contributed by atoms with Crippen LogP contribution in [0.5, 0.6) is 0 Å². The van der Waals surface area contributed by atoms with Gasteiger partial charge in [0.25, 0.3) is 0 Å². The van der Waals surface area contributed by atoms with Crippen LogP contribution in [-0.2, 0) is 4.79 Å². The molecule has 0 radical (unpaired) electrons. The lowest BCUT2D eigenvalue weighted by Crippen LogP contribution is -2.44. The highest BCUT2D eigenvalue weighted by molar-refractivity contribution is 6.35. The van der Waals surface area contributed by atoms with Gasteiger partial charge in [0.1, 0.15) is 0 Å². The van der Waals surface area contributed by atoms with Crippen molar-refractivity contribution >= 4 is 34.8 Å². The van der Waals surface area contributed by atoms with Gasteiger partial charge < -0.3 is 15.1 Å². The Hall–Kier alpha value is -1.64. The van der Waals surface area contributed by atoms with Gasteiger partial charge in [-0.25, -0.2) is 0 Å². The maximum absolute atomic E-state index is 12.9. The van der Waals surface area contributed by atoms with Crippen molar-refractivity contribution in [2.24, 2.45) is 17.8 Å². The molecule has 1 amide bonds. The van der Waals surface area contributed by atoms with E-state index < -0.39 is 0 Å². The lowest BCUT2D eigenvalue weighted by Gasteiger charge is -2.28. The van der Waals surface area contributed by atoms with E-state index in [4.69, 9.17) is 23.2 Å². The molecule has 1 aliphatic carbocycles. The van der Waals surface area contributed by atoms with Gasteiger partial charge >= 0.3 is 0 Å². The second-order valence-electron chi connectivity index (χ2n) is 8.37. The van der Waals surface area contributed by atoms with E-state index in [1.807, 2.05) is 17.0 Å². The molecular formula is C20H22Cl2N4O. The number of nitrogens with one attached hydrogen (secondary N) is 1. The van der Waals surface area contributed by atoms with Crippen molar-refractivity contribution in [2.45, 2.75) is 43.8 Å². The van der Waals surface area contributed by atoms with E-state index >= 15 is 0 Å². The summed E-state index contributed by atoms with van der Waals surface area (Å²) in [5.41, 5.74) is 1.04. The van der Waals surface area contributed by atoms with Crippen LogP contribution in [0, 0.1) is 29.2 Å². The molecule has 0 unspecified atom stereocenters. The Morgan fingerprint density at radius 2 is 1.93 bits per heavy atom. The Labute approximate surface area is 169 Å². The quantitative estimate of drug-likeness (QED) is 0.785. The first kappa shape index (κ1) is 17.5. The van der Waals surface area contributed by atoms with Crippen LogP contribution >= 0.6 is 23.2 Å². The molecule has 3 heterocycles. The largest absolute Gasteiger partial charge is 0.371 e. The van der Waals surface area contributed by atoms with Crippen LogP contribution in [0.4, 0.5) is 5.69 Å². The number of benzene rings is 1. The summed E-state index contributed by atoms with van der Waals surface area (Å²) in [4.78, 5) is 17.1. The minimum atomic E-state index is 0.110. The van der Waals surface area contributed by atoms with Crippen molar-refractivity contribution in [3.05, 3.63) is 28.2 Å². The second kappa shape index (κ2) is 6.46. The van der Waals surface area contributed by atoms with Gasteiger partial charge in [0.2, 0.25) is 5.91 Å². The Balaban J connectivity index is 1.22. The summed E-state index contributed by atoms with van der Waals surface area (Å²) < 4.78 is 0. The van der Waals surface area contributed by atoms with E-state index in [2.05, 4.69) is 16.4 Å². The maximum Gasteiger partial charge on any atom is 0.224 e. The number of halogens is 2. The Kier molecular flexibility index (Phi) is 4.18. The SMILES string of the molecule is N#CN1[C@H]2CC[C@@H]1[C@H](NC(=O)[C@@H]1[C@@H]3CCN(c4cc(Cl)cc(Cl)c4)C[C@@H]31)C2. The number of anilines is 1. The predicted octanol–water partition coefficient (Wildman–Crippen LogP) is 3.27. The highest BCUT2D eigenvalue weighted by atomic mass is 35.5. The first-order chi connectivity index (χ1) is 13.0. The van der Waals surface area contributed by atoms with E-state index in [-0.39, 0.29) is 23.9 Å². The molecule has 142 valence electrons. The molecule has 2 bridgehead atoms. The topological polar surface area (TPSA) is 59.4 Å². The Morgan fingerprint density at radius 3 is 2.63 bits per heavy atom. The summed E-state index contributed by atoms with van der Waals surface area (Å²) in [6, 6.07) is 6.30. The summed E-state index contributed by atoms with van der Waals surface area (Å²) in [5.74, 6) is 1.19. The van der Waals surface area contributed by atoms with Crippen LogP contribution in [0.2, 0.25) is 10.0 Å². The lowest BCUT2D eigenvalue weighted by atomic mass is 9.95. The molecule has 4 aliphatic rings. The number of nitriles is 1. The number of piperidine rings is 1. The maximum atomic E-state index is 12.9. The second-order valence-corrected chi connectivity index (χ2v) is 9.25. The molecule has 3 saturated heterocycles. The van der Waals surface area contributed by atoms with Gasteiger partial charge in [-0.2, -0.15) is 5.26 Å². The van der Waals surface area contributed by atoms with E-state index in [0.717, 1.165) is 44.5 Å². The van der Waals surface area contributed by atoms with E-state index in [9.17, 15) is 10.1 Å². The third kappa shape index (κ3) is 2.94. The Bertz CT molecular complexity index is 804. The number of carbonyl (C=O) groups is 1. The van der Waals surface area contributed by atoms with Crippen LogP contribution in [0.25, 0.3) is 0 Å². The highest BCUT2D eigenvalue weighted by Gasteiger charge is 2.57. The number of fused-ring (bicyclic) bond motifs is 3. The molecule has 4 fully saturated rings. The van der Waals surface area contributed by atoms with Crippen molar-refractivity contribution < 1.29 is 4.79 Å². The number of nitrogens with zero attached hydrogens (tertiary/aromatic N) is 3. The van der Waals surface area contributed by atoms with Gasteiger partial charge in [0.05, 0.1) is 12.1 Å². The summed E-state index contributed by atoms with van der Waals surface area (Å²) in [6.07, 6.45) is 6.35. The van der Waals surface area contributed by atoms with E-state index in [1.165, 1.54) is 0 Å². The van der Waals surface area contributed by atoms with Crippen molar-refractivity contribution in [1.82, 2.24) is 10.2 Å². The zero-order chi connectivity index (χ0) is 18.7. The molecule has 0 spiro atoms. The van der Waals surface area contributed by atoms with Crippen LogP contribution in [0.15, 0.2) is 18.2 Å². The van der Waals surface area contributed by atoms with Gasteiger partial charge in [-0.3, -0.25) is 4.79 Å². The van der Waals surface area contributed by atoms with Crippen molar-refractivity contribution in [1.29, 1.82) is 5.26 Å². The molecular weight excluding hydrogens is 383 g/mol. The fraction of sp³-hybridized carbons (Fsp3) is 0.600.